The molecule has 1 atom stereocenters. The molecule has 1 aliphatic heterocycles. The minimum atomic E-state index is -0.331. The van der Waals surface area contributed by atoms with Gasteiger partial charge in [0.1, 0.15) is 5.75 Å². The zero-order chi connectivity index (χ0) is 18.5. The van der Waals surface area contributed by atoms with Gasteiger partial charge < -0.3 is 15.0 Å². The van der Waals surface area contributed by atoms with E-state index in [4.69, 9.17) is 4.74 Å². The lowest BCUT2D eigenvalue weighted by Gasteiger charge is -2.17. The highest BCUT2D eigenvalue weighted by Gasteiger charge is 2.35. The Morgan fingerprint density at radius 1 is 1.19 bits per heavy atom. The first kappa shape index (κ1) is 18.0. The Balaban J connectivity index is 1.61. The van der Waals surface area contributed by atoms with Crippen LogP contribution in [-0.2, 0) is 22.6 Å². The number of anilines is 1. The Morgan fingerprint density at radius 3 is 2.62 bits per heavy atom. The van der Waals surface area contributed by atoms with Gasteiger partial charge in [0, 0.05) is 30.8 Å². The molecule has 1 heterocycles. The van der Waals surface area contributed by atoms with Crippen molar-refractivity contribution in [2.24, 2.45) is 5.92 Å². The second-order valence-corrected chi connectivity index (χ2v) is 6.46. The fourth-order valence-corrected chi connectivity index (χ4v) is 3.22. The molecule has 0 radical (unpaired) electrons. The summed E-state index contributed by atoms with van der Waals surface area (Å²) < 4.78 is 5.30. The van der Waals surface area contributed by atoms with Gasteiger partial charge in [-0.05, 0) is 30.2 Å². The summed E-state index contributed by atoms with van der Waals surface area (Å²) >= 11 is 0. The molecular weight excluding hydrogens is 328 g/mol. The summed E-state index contributed by atoms with van der Waals surface area (Å²) in [6, 6.07) is 15.5. The first-order chi connectivity index (χ1) is 12.6. The zero-order valence-electron chi connectivity index (χ0n) is 15.2. The summed E-state index contributed by atoms with van der Waals surface area (Å²) in [5, 5.41) is 2.93. The number of carbonyl (C=O) groups excluding carboxylic acids is 2. The van der Waals surface area contributed by atoms with Crippen LogP contribution >= 0.6 is 0 Å². The number of ether oxygens (including phenoxy) is 1. The quantitative estimate of drug-likeness (QED) is 0.870. The van der Waals surface area contributed by atoms with Crippen LogP contribution in [0.15, 0.2) is 48.5 Å². The second kappa shape index (κ2) is 8.04. The Hall–Kier alpha value is -2.82. The third kappa shape index (κ3) is 3.87. The number of para-hydroxylation sites is 1. The maximum absolute atomic E-state index is 12.5. The SMILES string of the molecule is CCc1ccc(N2C[C@H](C(=O)NCc3ccccc3OC)CC2=O)cc1. The Bertz CT molecular complexity index is 786. The van der Waals surface area contributed by atoms with Gasteiger partial charge in [-0.2, -0.15) is 0 Å². The number of carbonyl (C=O) groups is 2. The van der Waals surface area contributed by atoms with Crippen molar-refractivity contribution in [2.75, 3.05) is 18.6 Å². The summed E-state index contributed by atoms with van der Waals surface area (Å²) in [6.07, 6.45) is 1.20. The molecule has 26 heavy (non-hydrogen) atoms. The summed E-state index contributed by atoms with van der Waals surface area (Å²) in [5.41, 5.74) is 3.00. The van der Waals surface area contributed by atoms with E-state index in [0.29, 0.717) is 13.1 Å². The number of methoxy groups -OCH3 is 1. The van der Waals surface area contributed by atoms with E-state index in [0.717, 1.165) is 23.4 Å². The standard InChI is InChI=1S/C21H24N2O3/c1-3-15-8-10-18(11-9-15)23-14-17(12-20(23)24)21(25)22-13-16-6-4-5-7-19(16)26-2/h4-11,17H,3,12-14H2,1-2H3,(H,22,25)/t17-/m1/s1. The fraction of sp³-hybridized carbons (Fsp3) is 0.333. The Morgan fingerprint density at radius 2 is 1.92 bits per heavy atom. The maximum atomic E-state index is 12.5. The van der Waals surface area contributed by atoms with Gasteiger partial charge in [-0.15, -0.1) is 0 Å². The van der Waals surface area contributed by atoms with Gasteiger partial charge in [-0.25, -0.2) is 0 Å². The van der Waals surface area contributed by atoms with E-state index in [2.05, 4.69) is 12.2 Å². The lowest BCUT2D eigenvalue weighted by Crippen LogP contribution is -2.32. The number of aryl methyl sites for hydroxylation is 1. The minimum absolute atomic E-state index is 0.00769. The molecule has 1 N–H and O–H groups in total. The molecule has 1 saturated heterocycles. The van der Waals surface area contributed by atoms with E-state index in [1.54, 1.807) is 12.0 Å². The topological polar surface area (TPSA) is 58.6 Å². The van der Waals surface area contributed by atoms with Gasteiger partial charge in [-0.1, -0.05) is 37.3 Å². The number of hydrogen-bond acceptors (Lipinski definition) is 3. The molecule has 5 nitrogen and oxygen atoms in total. The summed E-state index contributed by atoms with van der Waals surface area (Å²) in [5.74, 6) is 0.305. The van der Waals surface area contributed by atoms with Crippen LogP contribution in [0.2, 0.25) is 0 Å². The average Bonchev–Trinajstić information content (AvgIpc) is 3.08. The van der Waals surface area contributed by atoms with Crippen LogP contribution in [0.25, 0.3) is 0 Å². The number of rotatable bonds is 6. The molecule has 3 rings (SSSR count). The molecule has 1 aliphatic rings. The lowest BCUT2D eigenvalue weighted by atomic mass is 10.1. The molecule has 136 valence electrons. The van der Waals surface area contributed by atoms with Crippen molar-refractivity contribution < 1.29 is 14.3 Å². The largest absolute Gasteiger partial charge is 0.496 e. The Kier molecular flexibility index (Phi) is 5.56. The first-order valence-corrected chi connectivity index (χ1v) is 8.91. The highest BCUT2D eigenvalue weighted by molar-refractivity contribution is 6.00. The molecule has 1 fully saturated rings. The molecular formula is C21H24N2O3. The predicted octanol–water partition coefficient (Wildman–Crippen LogP) is 2.93. The molecule has 0 aromatic heterocycles. The number of nitrogens with one attached hydrogen (secondary N) is 1. The maximum Gasteiger partial charge on any atom is 0.227 e. The molecule has 2 aromatic rings. The summed E-state index contributed by atoms with van der Waals surface area (Å²) in [7, 11) is 1.61. The van der Waals surface area contributed by atoms with Gasteiger partial charge in [0.25, 0.3) is 0 Å². The number of benzene rings is 2. The van der Waals surface area contributed by atoms with Gasteiger partial charge in [0.15, 0.2) is 0 Å². The van der Waals surface area contributed by atoms with Gasteiger partial charge in [0.2, 0.25) is 11.8 Å². The molecule has 0 aliphatic carbocycles. The van der Waals surface area contributed by atoms with Crippen LogP contribution in [0.5, 0.6) is 5.75 Å². The summed E-state index contributed by atoms with van der Waals surface area (Å²) in [4.78, 5) is 26.6. The van der Waals surface area contributed by atoms with Crippen molar-refractivity contribution >= 4 is 17.5 Å². The van der Waals surface area contributed by atoms with Crippen LogP contribution in [0.4, 0.5) is 5.69 Å². The van der Waals surface area contributed by atoms with E-state index in [-0.39, 0.29) is 24.2 Å². The molecule has 0 unspecified atom stereocenters. The van der Waals surface area contributed by atoms with Crippen LogP contribution in [-0.4, -0.2) is 25.5 Å². The van der Waals surface area contributed by atoms with Crippen LogP contribution in [0.3, 0.4) is 0 Å². The highest BCUT2D eigenvalue weighted by Crippen LogP contribution is 2.26. The van der Waals surface area contributed by atoms with Gasteiger partial charge in [-0.3, -0.25) is 9.59 Å². The summed E-state index contributed by atoms with van der Waals surface area (Å²) in [6.45, 7) is 2.90. The van der Waals surface area contributed by atoms with E-state index >= 15 is 0 Å². The molecule has 5 heteroatoms. The third-order valence-corrected chi connectivity index (χ3v) is 4.80. The monoisotopic (exact) mass is 352 g/mol. The highest BCUT2D eigenvalue weighted by atomic mass is 16.5. The average molecular weight is 352 g/mol. The van der Waals surface area contributed by atoms with Crippen molar-refractivity contribution in [3.8, 4) is 5.75 Å². The molecule has 0 spiro atoms. The van der Waals surface area contributed by atoms with E-state index in [9.17, 15) is 9.59 Å². The van der Waals surface area contributed by atoms with Crippen LogP contribution in [0.1, 0.15) is 24.5 Å². The van der Waals surface area contributed by atoms with Crippen molar-refractivity contribution in [2.45, 2.75) is 26.3 Å². The zero-order valence-corrected chi connectivity index (χ0v) is 15.2. The normalized spacial score (nSPS) is 16.6. The molecule has 2 amide bonds. The van der Waals surface area contributed by atoms with Gasteiger partial charge in [0.05, 0.1) is 13.0 Å². The molecule has 2 aromatic carbocycles. The Labute approximate surface area is 154 Å². The van der Waals surface area contributed by atoms with Crippen molar-refractivity contribution in [3.05, 3.63) is 59.7 Å². The van der Waals surface area contributed by atoms with Crippen molar-refractivity contribution in [1.82, 2.24) is 5.32 Å². The molecule has 0 saturated carbocycles. The third-order valence-electron chi connectivity index (χ3n) is 4.80. The smallest absolute Gasteiger partial charge is 0.227 e. The van der Waals surface area contributed by atoms with Crippen molar-refractivity contribution in [3.63, 3.8) is 0 Å². The predicted molar refractivity (Wildman–Crippen MR) is 101 cm³/mol. The number of hydrogen-bond donors (Lipinski definition) is 1. The van der Waals surface area contributed by atoms with E-state index in [1.165, 1.54) is 5.56 Å². The minimum Gasteiger partial charge on any atom is -0.496 e. The number of amides is 2. The fourth-order valence-electron chi connectivity index (χ4n) is 3.22. The molecule has 0 bridgehead atoms. The van der Waals surface area contributed by atoms with Crippen molar-refractivity contribution in [1.29, 1.82) is 0 Å². The van der Waals surface area contributed by atoms with Crippen LogP contribution < -0.4 is 15.0 Å². The van der Waals surface area contributed by atoms with E-state index in [1.807, 2.05) is 48.5 Å². The van der Waals surface area contributed by atoms with Crippen LogP contribution in [0, 0.1) is 5.92 Å². The lowest BCUT2D eigenvalue weighted by molar-refractivity contribution is -0.126. The van der Waals surface area contributed by atoms with E-state index < -0.39 is 0 Å². The second-order valence-electron chi connectivity index (χ2n) is 6.46. The van der Waals surface area contributed by atoms with Gasteiger partial charge >= 0.3 is 0 Å². The first-order valence-electron chi connectivity index (χ1n) is 8.91. The number of nitrogens with zero attached hydrogens (tertiary/aromatic N) is 1.